The van der Waals surface area contributed by atoms with Gasteiger partial charge in [0.05, 0.1) is 17.4 Å². The molecule has 2 N–H and O–H groups in total. The Kier molecular flexibility index (Phi) is 2.72. The molecule has 19 heavy (non-hydrogen) atoms. The minimum absolute atomic E-state index is 0.0511. The number of benzene rings is 1. The summed E-state index contributed by atoms with van der Waals surface area (Å²) in [6.45, 7) is 1.51. The average molecular weight is 252 g/mol. The van der Waals surface area contributed by atoms with E-state index in [0.29, 0.717) is 5.69 Å². The maximum absolute atomic E-state index is 11.5. The third-order valence-corrected chi connectivity index (χ3v) is 2.85. The maximum atomic E-state index is 11.5. The van der Waals surface area contributed by atoms with E-state index >= 15 is 0 Å². The van der Waals surface area contributed by atoms with Gasteiger partial charge in [0.2, 0.25) is 0 Å². The van der Waals surface area contributed by atoms with Crippen molar-refractivity contribution in [2.45, 2.75) is 6.92 Å². The minimum atomic E-state index is -0.0511. The molecular formula is C14H12N4O. The van der Waals surface area contributed by atoms with Crippen molar-refractivity contribution in [3.8, 4) is 0 Å². The molecule has 0 aliphatic rings. The lowest BCUT2D eigenvalue weighted by Gasteiger charge is -2.05. The van der Waals surface area contributed by atoms with Crippen molar-refractivity contribution in [1.29, 1.82) is 0 Å². The molecule has 3 aromatic rings. The second kappa shape index (κ2) is 4.53. The predicted octanol–water partition coefficient (Wildman–Crippen LogP) is 2.90. The number of anilines is 2. The Morgan fingerprint density at radius 3 is 2.89 bits per heavy atom. The Balaban J connectivity index is 2.01. The van der Waals surface area contributed by atoms with Gasteiger partial charge in [-0.1, -0.05) is 0 Å². The molecule has 94 valence electrons. The number of ketones is 1. The number of hydrogen-bond donors (Lipinski definition) is 2. The van der Waals surface area contributed by atoms with Gasteiger partial charge >= 0.3 is 0 Å². The minimum Gasteiger partial charge on any atom is -0.354 e. The van der Waals surface area contributed by atoms with Crippen LogP contribution in [0, 0.1) is 0 Å². The Morgan fingerprint density at radius 1 is 1.26 bits per heavy atom. The number of nitrogens with zero attached hydrogens (tertiary/aromatic N) is 2. The molecule has 0 aliphatic carbocycles. The van der Waals surface area contributed by atoms with E-state index in [1.54, 1.807) is 12.4 Å². The van der Waals surface area contributed by atoms with Gasteiger partial charge in [0.25, 0.3) is 0 Å². The fourth-order valence-electron chi connectivity index (χ4n) is 1.96. The van der Waals surface area contributed by atoms with Crippen molar-refractivity contribution in [3.63, 3.8) is 0 Å². The number of rotatable bonds is 3. The van der Waals surface area contributed by atoms with Crippen LogP contribution in [0.1, 0.15) is 17.4 Å². The molecule has 0 bridgehead atoms. The molecule has 0 saturated heterocycles. The first-order valence-corrected chi connectivity index (χ1v) is 5.90. The van der Waals surface area contributed by atoms with E-state index < -0.39 is 0 Å². The number of Topliss-reactive ketones (excluding diaryl/α,β-unsaturated/α-hetero) is 1. The van der Waals surface area contributed by atoms with E-state index in [-0.39, 0.29) is 5.78 Å². The summed E-state index contributed by atoms with van der Waals surface area (Å²) in [4.78, 5) is 15.5. The smallest absolute Gasteiger partial charge is 0.180 e. The van der Waals surface area contributed by atoms with Crippen molar-refractivity contribution in [1.82, 2.24) is 15.2 Å². The summed E-state index contributed by atoms with van der Waals surface area (Å²) < 4.78 is 0. The van der Waals surface area contributed by atoms with Crippen molar-refractivity contribution < 1.29 is 4.79 Å². The Morgan fingerprint density at radius 2 is 2.16 bits per heavy atom. The molecule has 0 spiro atoms. The molecule has 0 saturated carbocycles. The number of nitrogens with one attached hydrogen (secondary N) is 2. The van der Waals surface area contributed by atoms with Gasteiger partial charge in [-0.3, -0.25) is 14.9 Å². The summed E-state index contributed by atoms with van der Waals surface area (Å²) in [6.07, 6.45) is 3.46. The first-order chi connectivity index (χ1) is 9.24. The Hall–Kier alpha value is -2.69. The van der Waals surface area contributed by atoms with E-state index in [9.17, 15) is 4.79 Å². The SMILES string of the molecule is CC(=O)c1n[nH]c2ccc(Nc3cccnc3)cc12. The van der Waals surface area contributed by atoms with Crippen LogP contribution < -0.4 is 5.32 Å². The van der Waals surface area contributed by atoms with E-state index in [4.69, 9.17) is 0 Å². The summed E-state index contributed by atoms with van der Waals surface area (Å²) in [6, 6.07) is 9.52. The van der Waals surface area contributed by atoms with Crippen LogP contribution in [-0.2, 0) is 0 Å². The predicted molar refractivity (Wildman–Crippen MR) is 73.6 cm³/mol. The van der Waals surface area contributed by atoms with Crippen molar-refractivity contribution in [3.05, 3.63) is 48.4 Å². The van der Waals surface area contributed by atoms with Gasteiger partial charge in [-0.25, -0.2) is 0 Å². The lowest BCUT2D eigenvalue weighted by molar-refractivity contribution is 0.101. The molecular weight excluding hydrogens is 240 g/mol. The van der Waals surface area contributed by atoms with Crippen molar-refractivity contribution >= 4 is 28.1 Å². The van der Waals surface area contributed by atoms with Crippen LogP contribution in [0.5, 0.6) is 0 Å². The van der Waals surface area contributed by atoms with Crippen molar-refractivity contribution in [2.24, 2.45) is 0 Å². The van der Waals surface area contributed by atoms with Gasteiger partial charge in [0.15, 0.2) is 5.78 Å². The number of pyridine rings is 1. The van der Waals surface area contributed by atoms with E-state index in [0.717, 1.165) is 22.3 Å². The average Bonchev–Trinajstić information content (AvgIpc) is 2.83. The summed E-state index contributed by atoms with van der Waals surface area (Å²) in [5.74, 6) is -0.0511. The zero-order valence-electron chi connectivity index (χ0n) is 10.3. The molecule has 2 aromatic heterocycles. The van der Waals surface area contributed by atoms with Crippen LogP contribution in [0.3, 0.4) is 0 Å². The lowest BCUT2D eigenvalue weighted by atomic mass is 10.1. The van der Waals surface area contributed by atoms with Gasteiger partial charge in [-0.05, 0) is 30.3 Å². The third-order valence-electron chi connectivity index (χ3n) is 2.85. The lowest BCUT2D eigenvalue weighted by Crippen LogP contribution is -1.94. The number of aromatic amines is 1. The molecule has 0 radical (unpaired) electrons. The van der Waals surface area contributed by atoms with Crippen LogP contribution in [-0.4, -0.2) is 21.0 Å². The summed E-state index contributed by atoms with van der Waals surface area (Å²) >= 11 is 0. The fraction of sp³-hybridized carbons (Fsp3) is 0.0714. The van der Waals surface area contributed by atoms with Crippen LogP contribution >= 0.6 is 0 Å². The summed E-state index contributed by atoms with van der Waals surface area (Å²) in [5, 5.41) is 10.9. The molecule has 2 heterocycles. The standard InChI is InChI=1S/C14H12N4O/c1-9(19)14-12-7-10(4-5-13(12)17-18-14)16-11-3-2-6-15-8-11/h2-8,16H,1H3,(H,17,18). The highest BCUT2D eigenvalue weighted by molar-refractivity contribution is 6.05. The molecule has 0 atom stereocenters. The first-order valence-electron chi connectivity index (χ1n) is 5.90. The quantitative estimate of drug-likeness (QED) is 0.703. The van der Waals surface area contributed by atoms with Crippen LogP contribution in [0.4, 0.5) is 11.4 Å². The Labute approximate surface area is 109 Å². The fourth-order valence-corrected chi connectivity index (χ4v) is 1.96. The zero-order chi connectivity index (χ0) is 13.2. The van der Waals surface area contributed by atoms with Gasteiger partial charge in [0, 0.05) is 24.2 Å². The molecule has 5 nitrogen and oxygen atoms in total. The highest BCUT2D eigenvalue weighted by Crippen LogP contribution is 2.23. The number of hydrogen-bond acceptors (Lipinski definition) is 4. The van der Waals surface area contributed by atoms with Crippen LogP contribution in [0.15, 0.2) is 42.7 Å². The molecule has 0 unspecified atom stereocenters. The number of H-pyrrole nitrogens is 1. The molecule has 1 aromatic carbocycles. The van der Waals surface area contributed by atoms with Crippen LogP contribution in [0.25, 0.3) is 10.9 Å². The normalized spacial score (nSPS) is 10.6. The second-order valence-electron chi connectivity index (χ2n) is 4.26. The molecule has 0 fully saturated rings. The van der Waals surface area contributed by atoms with Gasteiger partial charge < -0.3 is 5.32 Å². The highest BCUT2D eigenvalue weighted by Gasteiger charge is 2.10. The summed E-state index contributed by atoms with van der Waals surface area (Å²) in [7, 11) is 0. The molecule has 3 rings (SSSR count). The molecule has 5 heteroatoms. The maximum Gasteiger partial charge on any atom is 0.180 e. The van der Waals surface area contributed by atoms with Gasteiger partial charge in [-0.2, -0.15) is 5.10 Å². The largest absolute Gasteiger partial charge is 0.354 e. The third kappa shape index (κ3) is 2.18. The molecule has 0 aliphatic heterocycles. The van der Waals surface area contributed by atoms with Crippen molar-refractivity contribution in [2.75, 3.05) is 5.32 Å². The zero-order valence-corrected chi connectivity index (χ0v) is 10.3. The topological polar surface area (TPSA) is 70.7 Å². The van der Waals surface area contributed by atoms with Gasteiger partial charge in [0.1, 0.15) is 5.69 Å². The Bertz CT molecular complexity index is 734. The number of carbonyl (C=O) groups is 1. The number of aromatic nitrogens is 3. The van der Waals surface area contributed by atoms with E-state index in [1.165, 1.54) is 6.92 Å². The first kappa shape index (κ1) is 11.4. The highest BCUT2D eigenvalue weighted by atomic mass is 16.1. The van der Waals surface area contributed by atoms with E-state index in [2.05, 4.69) is 20.5 Å². The number of carbonyl (C=O) groups excluding carboxylic acids is 1. The monoisotopic (exact) mass is 252 g/mol. The van der Waals surface area contributed by atoms with Gasteiger partial charge in [-0.15, -0.1) is 0 Å². The number of fused-ring (bicyclic) bond motifs is 1. The van der Waals surface area contributed by atoms with Crippen LogP contribution in [0.2, 0.25) is 0 Å². The summed E-state index contributed by atoms with van der Waals surface area (Å²) in [5.41, 5.74) is 3.10. The molecule has 0 amide bonds. The second-order valence-corrected chi connectivity index (χ2v) is 4.26. The van der Waals surface area contributed by atoms with E-state index in [1.807, 2.05) is 30.3 Å².